The van der Waals surface area contributed by atoms with Gasteiger partial charge in [-0.1, -0.05) is 164 Å². The highest BCUT2D eigenvalue weighted by Crippen LogP contribution is 2.63. The summed E-state index contributed by atoms with van der Waals surface area (Å²) in [6, 6.07) is 71.7. The van der Waals surface area contributed by atoms with Crippen molar-refractivity contribution < 1.29 is 0 Å². The lowest BCUT2D eigenvalue weighted by Crippen LogP contribution is -2.48. The zero-order valence-electron chi connectivity index (χ0n) is 36.9. The van der Waals surface area contributed by atoms with Crippen molar-refractivity contribution in [1.82, 2.24) is 29.9 Å². The topological polar surface area (TPSA) is 86.0 Å². The van der Waals surface area contributed by atoms with Gasteiger partial charge in [0.05, 0.1) is 33.1 Å². The Labute approximate surface area is 387 Å². The molecule has 0 radical (unpaired) electrons. The molecule has 0 amide bonds. The number of benzene rings is 9. The van der Waals surface area contributed by atoms with Gasteiger partial charge in [-0.3, -0.25) is 0 Å². The second kappa shape index (κ2) is 13.9. The molecule has 12 aromatic rings. The standard InChI is InChI=1S/C61H42N6/c1-60-45-30-51-54(65-57(62-51)42-24-18-39(19-25-42)36-12-6-3-7-13-36)33-48(45)61(2,49-34-55-52(31-46(49)60)63-58(66-55)43-26-20-40(21-27-43)37-14-8-4-9-15-37)50-35-56-53(32-47(50)60)64-59(67-56)44-28-22-41(23-29-44)38-16-10-5-11-17-38/h3-35H,1-2H3,(H,62,65)(H,63,66)(H,64,67). The van der Waals surface area contributed by atoms with Crippen molar-refractivity contribution in [2.75, 3.05) is 0 Å². The molecule has 2 bridgehead atoms. The molecule has 3 aliphatic rings. The molecule has 3 heterocycles. The van der Waals surface area contributed by atoms with Crippen LogP contribution in [0.5, 0.6) is 0 Å². The average molecular weight is 859 g/mol. The maximum absolute atomic E-state index is 5.28. The molecular weight excluding hydrogens is 817 g/mol. The van der Waals surface area contributed by atoms with E-state index >= 15 is 0 Å². The summed E-state index contributed by atoms with van der Waals surface area (Å²) in [5, 5.41) is 0. The molecule has 3 N–H and O–H groups in total. The van der Waals surface area contributed by atoms with E-state index in [0.717, 1.165) is 67.3 Å². The van der Waals surface area contributed by atoms with Gasteiger partial charge in [0.15, 0.2) is 0 Å². The van der Waals surface area contributed by atoms with Gasteiger partial charge in [-0.25, -0.2) is 15.0 Å². The Morgan fingerprint density at radius 2 is 0.493 bits per heavy atom. The SMILES string of the molecule is CC12c3cc4nc(-c5ccc(-c6ccccc6)cc5)[nH]c4cc3C(C)(c3cc4[nH]c(-c5ccc(-c6ccccc6)cc5)nc4cc31)c1cc3[nH]c(-c4ccc(-c5ccccc5)cc4)nc3cc12. The first-order chi connectivity index (χ1) is 32.9. The summed E-state index contributed by atoms with van der Waals surface area (Å²) in [6.45, 7) is 4.80. The minimum absolute atomic E-state index is 0.512. The molecule has 6 heteroatoms. The van der Waals surface area contributed by atoms with Crippen LogP contribution in [0.3, 0.4) is 0 Å². The predicted molar refractivity (Wildman–Crippen MR) is 272 cm³/mol. The maximum atomic E-state index is 5.28. The quantitative estimate of drug-likeness (QED) is 0.156. The third kappa shape index (κ3) is 5.60. The van der Waals surface area contributed by atoms with Crippen molar-refractivity contribution in [3.63, 3.8) is 0 Å². The lowest BCUT2D eigenvalue weighted by atomic mass is 9.48. The van der Waals surface area contributed by atoms with Crippen LogP contribution in [0.4, 0.5) is 0 Å². The summed E-state index contributed by atoms with van der Waals surface area (Å²) in [5.41, 5.74) is 22.8. The van der Waals surface area contributed by atoms with Crippen LogP contribution < -0.4 is 0 Å². The van der Waals surface area contributed by atoms with E-state index in [4.69, 9.17) is 15.0 Å². The van der Waals surface area contributed by atoms with Crippen LogP contribution in [-0.2, 0) is 10.8 Å². The van der Waals surface area contributed by atoms with Crippen molar-refractivity contribution in [1.29, 1.82) is 0 Å². The van der Waals surface area contributed by atoms with Crippen molar-refractivity contribution in [3.8, 4) is 67.5 Å². The summed E-state index contributed by atoms with van der Waals surface area (Å²) in [7, 11) is 0. The summed E-state index contributed by atoms with van der Waals surface area (Å²) < 4.78 is 0. The lowest BCUT2D eigenvalue weighted by Gasteiger charge is -2.54. The minimum atomic E-state index is -0.530. The predicted octanol–water partition coefficient (Wildman–Crippen LogP) is 14.7. The first kappa shape index (κ1) is 37.7. The number of aromatic nitrogens is 6. The molecule has 0 atom stereocenters. The Morgan fingerprint density at radius 1 is 0.269 bits per heavy atom. The van der Waals surface area contributed by atoms with Gasteiger partial charge < -0.3 is 15.0 Å². The van der Waals surface area contributed by atoms with E-state index in [2.05, 4.69) is 229 Å². The smallest absolute Gasteiger partial charge is 0.138 e. The van der Waals surface area contributed by atoms with Crippen LogP contribution in [0, 0.1) is 0 Å². The molecule has 0 saturated carbocycles. The number of hydrogen-bond acceptors (Lipinski definition) is 3. The normalized spacial score (nSPS) is 16.9. The molecule has 0 fully saturated rings. The van der Waals surface area contributed by atoms with Gasteiger partial charge in [0.25, 0.3) is 0 Å². The third-order valence-corrected chi connectivity index (χ3v) is 14.9. The molecule has 15 rings (SSSR count). The highest BCUT2D eigenvalue weighted by molar-refractivity contribution is 5.93. The maximum Gasteiger partial charge on any atom is 0.138 e. The van der Waals surface area contributed by atoms with Crippen LogP contribution >= 0.6 is 0 Å². The largest absolute Gasteiger partial charge is 0.338 e. The van der Waals surface area contributed by atoms with Gasteiger partial charge >= 0.3 is 0 Å². The second-order valence-corrected chi connectivity index (χ2v) is 18.6. The molecule has 0 unspecified atom stereocenters. The highest BCUT2D eigenvalue weighted by Gasteiger charge is 2.55. The first-order valence-electron chi connectivity index (χ1n) is 23.0. The third-order valence-electron chi connectivity index (χ3n) is 14.9. The number of fused-ring (bicyclic) bond motifs is 3. The van der Waals surface area contributed by atoms with Gasteiger partial charge in [-0.15, -0.1) is 0 Å². The summed E-state index contributed by atoms with van der Waals surface area (Å²) in [5.74, 6) is 2.58. The van der Waals surface area contributed by atoms with E-state index in [-0.39, 0.29) is 0 Å². The van der Waals surface area contributed by atoms with Crippen LogP contribution in [0.2, 0.25) is 0 Å². The Balaban J connectivity index is 0.915. The Morgan fingerprint density at radius 3 is 0.761 bits per heavy atom. The fraction of sp³-hybridized carbons (Fsp3) is 0.0656. The molecule has 0 spiro atoms. The highest BCUT2D eigenvalue weighted by atomic mass is 14.9. The van der Waals surface area contributed by atoms with Gasteiger partial charge in [-0.2, -0.15) is 0 Å². The molecule has 6 nitrogen and oxygen atoms in total. The van der Waals surface area contributed by atoms with Crippen molar-refractivity contribution >= 4 is 33.1 Å². The molecular formula is C61H42N6. The molecule has 67 heavy (non-hydrogen) atoms. The van der Waals surface area contributed by atoms with Crippen LogP contribution in [0.15, 0.2) is 200 Å². The zero-order valence-corrected chi connectivity index (χ0v) is 36.9. The van der Waals surface area contributed by atoms with E-state index in [1.165, 1.54) is 66.8 Å². The van der Waals surface area contributed by atoms with Crippen molar-refractivity contribution in [3.05, 3.63) is 234 Å². The minimum Gasteiger partial charge on any atom is -0.338 e. The number of nitrogens with one attached hydrogen (secondary N) is 3. The molecule has 0 saturated heterocycles. The fourth-order valence-corrected chi connectivity index (χ4v) is 11.3. The Bertz CT molecular complexity index is 3360. The monoisotopic (exact) mass is 858 g/mol. The van der Waals surface area contributed by atoms with Crippen LogP contribution in [0.1, 0.15) is 47.2 Å². The van der Waals surface area contributed by atoms with Crippen LogP contribution in [-0.4, -0.2) is 29.9 Å². The number of nitrogens with zero attached hydrogens (tertiary/aromatic N) is 3. The molecule has 9 aromatic carbocycles. The Hall–Kier alpha value is -8.61. The van der Waals surface area contributed by atoms with Gasteiger partial charge in [0, 0.05) is 27.5 Å². The van der Waals surface area contributed by atoms with Crippen molar-refractivity contribution in [2.24, 2.45) is 0 Å². The number of aromatic amines is 3. The molecule has 316 valence electrons. The van der Waals surface area contributed by atoms with E-state index in [9.17, 15) is 0 Å². The van der Waals surface area contributed by atoms with E-state index in [1.807, 2.05) is 0 Å². The number of hydrogen-bond donors (Lipinski definition) is 3. The fourth-order valence-electron chi connectivity index (χ4n) is 11.3. The van der Waals surface area contributed by atoms with Gasteiger partial charge in [-0.05, 0) is 117 Å². The number of H-pyrrole nitrogens is 3. The Kier molecular flexibility index (Phi) is 7.85. The van der Waals surface area contributed by atoms with Gasteiger partial charge in [0.1, 0.15) is 17.5 Å². The zero-order chi connectivity index (χ0) is 44.4. The van der Waals surface area contributed by atoms with E-state index in [0.29, 0.717) is 0 Å². The lowest BCUT2D eigenvalue weighted by molar-refractivity contribution is 0.514. The van der Waals surface area contributed by atoms with Crippen LogP contribution in [0.25, 0.3) is 101 Å². The van der Waals surface area contributed by atoms with E-state index < -0.39 is 10.8 Å². The molecule has 3 aromatic heterocycles. The summed E-state index contributed by atoms with van der Waals surface area (Å²) in [4.78, 5) is 27.1. The molecule has 0 aliphatic heterocycles. The summed E-state index contributed by atoms with van der Waals surface area (Å²) >= 11 is 0. The molecule has 3 aliphatic carbocycles. The second-order valence-electron chi connectivity index (χ2n) is 18.6. The first-order valence-corrected chi connectivity index (χ1v) is 23.0. The number of rotatable bonds is 6. The summed E-state index contributed by atoms with van der Waals surface area (Å²) in [6.07, 6.45) is 0. The van der Waals surface area contributed by atoms with Crippen molar-refractivity contribution in [2.45, 2.75) is 24.7 Å². The van der Waals surface area contributed by atoms with Gasteiger partial charge in [0.2, 0.25) is 0 Å². The van der Waals surface area contributed by atoms with E-state index in [1.54, 1.807) is 0 Å². The average Bonchev–Trinajstić information content (AvgIpc) is 4.14. The number of imidazole rings is 3.